The molecule has 0 radical (unpaired) electrons. The Morgan fingerprint density at radius 1 is 1.39 bits per heavy atom. The van der Waals surface area contributed by atoms with Crippen LogP contribution in [0, 0.1) is 10.1 Å². The summed E-state index contributed by atoms with van der Waals surface area (Å²) in [5, 5.41) is 11.6. The largest absolute Gasteiger partial charge is 0.469 e. The first-order valence-corrected chi connectivity index (χ1v) is 8.95. The van der Waals surface area contributed by atoms with E-state index in [2.05, 4.69) is 4.74 Å². The van der Waals surface area contributed by atoms with Crippen LogP contribution in [0.15, 0.2) is 18.2 Å². The number of ether oxygens (including phenoxy) is 2. The molecule has 1 aromatic rings. The predicted octanol–water partition coefficient (Wildman–Crippen LogP) is 3.81. The van der Waals surface area contributed by atoms with E-state index in [9.17, 15) is 28.1 Å². The van der Waals surface area contributed by atoms with E-state index in [1.807, 2.05) is 11.8 Å². The molecular weight excluding hydrogens is 381 g/mol. The molecule has 0 N–H and O–H groups in total. The van der Waals surface area contributed by atoms with Gasteiger partial charge in [-0.25, -0.2) is 0 Å². The molecule has 0 bridgehead atoms. The number of nitrogens with zero attached hydrogens (tertiary/aromatic N) is 2. The highest BCUT2D eigenvalue weighted by atomic mass is 19.4. The van der Waals surface area contributed by atoms with Crippen LogP contribution < -0.4 is 4.90 Å². The molecule has 2 rings (SSSR count). The highest BCUT2D eigenvalue weighted by Gasteiger charge is 2.43. The summed E-state index contributed by atoms with van der Waals surface area (Å²) >= 11 is 0. The Labute approximate surface area is 160 Å². The van der Waals surface area contributed by atoms with Crippen LogP contribution in [0.25, 0.3) is 0 Å². The molecule has 0 aromatic heterocycles. The first kappa shape index (κ1) is 21.9. The second-order valence-corrected chi connectivity index (χ2v) is 6.51. The van der Waals surface area contributed by atoms with Crippen LogP contribution in [-0.4, -0.2) is 50.0 Å². The Morgan fingerprint density at radius 2 is 2.04 bits per heavy atom. The van der Waals surface area contributed by atoms with Crippen molar-refractivity contribution in [3.8, 4) is 0 Å². The maximum absolute atomic E-state index is 13.4. The predicted molar refractivity (Wildman–Crippen MR) is 95.4 cm³/mol. The number of benzene rings is 1. The minimum Gasteiger partial charge on any atom is -0.469 e. The number of nitro groups is 1. The number of rotatable bonds is 7. The van der Waals surface area contributed by atoms with E-state index in [1.165, 1.54) is 12.1 Å². The molecule has 1 fully saturated rings. The van der Waals surface area contributed by atoms with Crippen LogP contribution in [-0.2, 0) is 14.3 Å². The summed E-state index contributed by atoms with van der Waals surface area (Å²) in [4.78, 5) is 24.2. The van der Waals surface area contributed by atoms with Crippen molar-refractivity contribution in [2.45, 2.75) is 44.3 Å². The fraction of sp³-hybridized carbons (Fsp3) is 0.611. The highest BCUT2D eigenvalue weighted by Crippen LogP contribution is 2.41. The van der Waals surface area contributed by atoms with Gasteiger partial charge in [0, 0.05) is 31.9 Å². The normalized spacial score (nSPS) is 16.5. The van der Waals surface area contributed by atoms with Crippen molar-refractivity contribution in [3.05, 3.63) is 33.9 Å². The van der Waals surface area contributed by atoms with Gasteiger partial charge in [-0.3, -0.25) is 14.9 Å². The molecule has 0 amide bonds. The van der Waals surface area contributed by atoms with E-state index >= 15 is 0 Å². The van der Waals surface area contributed by atoms with Crippen LogP contribution in [0.2, 0.25) is 0 Å². The number of carbonyl (C=O) groups is 1. The second kappa shape index (κ2) is 9.22. The van der Waals surface area contributed by atoms with Crippen molar-refractivity contribution in [3.63, 3.8) is 0 Å². The van der Waals surface area contributed by atoms with Gasteiger partial charge in [-0.2, -0.15) is 13.2 Å². The van der Waals surface area contributed by atoms with Crippen molar-refractivity contribution >= 4 is 17.3 Å². The Kier molecular flexibility index (Phi) is 7.22. The standard InChI is InChI=1S/C18H23F3N2O5/c1-3-22(13-6-8-28-9-7-13)15-5-4-12(10-16(15)23(25)26)14(18(19,20)21)11-17(24)27-2/h4-5,10,13-14H,3,6-9,11H2,1-2H3/t14-/m0/s1. The maximum atomic E-state index is 13.4. The zero-order chi connectivity index (χ0) is 20.9. The lowest BCUT2D eigenvalue weighted by atomic mass is 9.93. The van der Waals surface area contributed by atoms with Gasteiger partial charge in [0.2, 0.25) is 0 Å². The number of carbonyl (C=O) groups excluding carboxylic acids is 1. The maximum Gasteiger partial charge on any atom is 0.396 e. The summed E-state index contributed by atoms with van der Waals surface area (Å²) in [6.45, 7) is 3.36. The number of hydrogen-bond acceptors (Lipinski definition) is 6. The third kappa shape index (κ3) is 5.12. The second-order valence-electron chi connectivity index (χ2n) is 6.51. The van der Waals surface area contributed by atoms with E-state index in [1.54, 1.807) is 0 Å². The number of anilines is 1. The van der Waals surface area contributed by atoms with Gasteiger partial charge in [-0.1, -0.05) is 6.07 Å². The van der Waals surface area contributed by atoms with Gasteiger partial charge >= 0.3 is 12.1 Å². The Morgan fingerprint density at radius 3 is 2.54 bits per heavy atom. The van der Waals surface area contributed by atoms with Gasteiger partial charge in [0.05, 0.1) is 24.4 Å². The third-order valence-electron chi connectivity index (χ3n) is 4.87. The van der Waals surface area contributed by atoms with E-state index in [0.29, 0.717) is 32.6 Å². The van der Waals surface area contributed by atoms with Gasteiger partial charge in [0.1, 0.15) is 5.69 Å². The molecule has 0 spiro atoms. The summed E-state index contributed by atoms with van der Waals surface area (Å²) < 4.78 is 50.0. The molecule has 0 unspecified atom stereocenters. The number of esters is 1. The van der Waals surface area contributed by atoms with Gasteiger partial charge in [0.25, 0.3) is 5.69 Å². The van der Waals surface area contributed by atoms with Gasteiger partial charge in [-0.15, -0.1) is 0 Å². The molecular formula is C18H23F3N2O5. The molecule has 28 heavy (non-hydrogen) atoms. The van der Waals surface area contributed by atoms with Crippen molar-refractivity contribution < 1.29 is 32.4 Å². The average molecular weight is 404 g/mol. The number of halogens is 3. The molecule has 0 aliphatic carbocycles. The zero-order valence-electron chi connectivity index (χ0n) is 15.7. The molecule has 1 heterocycles. The summed E-state index contributed by atoms with van der Waals surface area (Å²) in [7, 11) is 0.994. The van der Waals surface area contributed by atoms with Crippen molar-refractivity contribution in [2.75, 3.05) is 31.8 Å². The Bertz CT molecular complexity index is 705. The quantitative estimate of drug-likeness (QED) is 0.391. The fourth-order valence-corrected chi connectivity index (χ4v) is 3.44. The van der Waals surface area contributed by atoms with E-state index in [0.717, 1.165) is 13.2 Å². The third-order valence-corrected chi connectivity index (χ3v) is 4.87. The minimum absolute atomic E-state index is 0.0109. The fourth-order valence-electron chi connectivity index (χ4n) is 3.44. The molecule has 0 saturated carbocycles. The number of methoxy groups -OCH3 is 1. The van der Waals surface area contributed by atoms with Crippen LogP contribution in [0.4, 0.5) is 24.5 Å². The zero-order valence-corrected chi connectivity index (χ0v) is 15.7. The van der Waals surface area contributed by atoms with Crippen molar-refractivity contribution in [2.24, 2.45) is 0 Å². The SMILES string of the molecule is CCN(c1ccc([C@H](CC(=O)OC)C(F)(F)F)cc1[N+](=O)[O-])C1CCOCC1. The smallest absolute Gasteiger partial charge is 0.396 e. The van der Waals surface area contributed by atoms with Gasteiger partial charge in [-0.05, 0) is 31.4 Å². The molecule has 156 valence electrons. The Balaban J connectivity index is 2.45. The highest BCUT2D eigenvalue weighted by molar-refractivity contribution is 5.71. The molecule has 1 saturated heterocycles. The van der Waals surface area contributed by atoms with Crippen LogP contribution in [0.5, 0.6) is 0 Å². The summed E-state index contributed by atoms with van der Waals surface area (Å²) in [6.07, 6.45) is -4.32. The molecule has 1 atom stereocenters. The summed E-state index contributed by atoms with van der Waals surface area (Å²) in [5.74, 6) is -3.21. The van der Waals surface area contributed by atoms with Crippen LogP contribution in [0.3, 0.4) is 0 Å². The van der Waals surface area contributed by atoms with E-state index < -0.39 is 35.1 Å². The van der Waals surface area contributed by atoms with Crippen molar-refractivity contribution in [1.82, 2.24) is 0 Å². The average Bonchev–Trinajstić information content (AvgIpc) is 2.66. The topological polar surface area (TPSA) is 81.9 Å². The van der Waals surface area contributed by atoms with E-state index in [-0.39, 0.29) is 17.3 Å². The number of alkyl halides is 3. The molecule has 1 aromatic carbocycles. The Hall–Kier alpha value is -2.36. The van der Waals surface area contributed by atoms with Gasteiger partial charge < -0.3 is 14.4 Å². The monoisotopic (exact) mass is 404 g/mol. The van der Waals surface area contributed by atoms with Gasteiger partial charge in [0.15, 0.2) is 0 Å². The molecule has 1 aliphatic heterocycles. The lowest BCUT2D eigenvalue weighted by Crippen LogP contribution is -2.39. The lowest BCUT2D eigenvalue weighted by Gasteiger charge is -2.35. The summed E-state index contributed by atoms with van der Waals surface area (Å²) in [6, 6.07) is 3.46. The van der Waals surface area contributed by atoms with Crippen molar-refractivity contribution in [1.29, 1.82) is 0 Å². The molecule has 10 heteroatoms. The number of hydrogen-bond donors (Lipinski definition) is 0. The minimum atomic E-state index is -4.74. The molecule has 1 aliphatic rings. The molecule has 7 nitrogen and oxygen atoms in total. The van der Waals surface area contributed by atoms with E-state index in [4.69, 9.17) is 4.74 Å². The van der Waals surface area contributed by atoms with Crippen LogP contribution >= 0.6 is 0 Å². The lowest BCUT2D eigenvalue weighted by molar-refractivity contribution is -0.384. The first-order chi connectivity index (χ1) is 13.2. The first-order valence-electron chi connectivity index (χ1n) is 8.95. The van der Waals surface area contributed by atoms with Crippen LogP contribution in [0.1, 0.15) is 37.7 Å². The summed E-state index contributed by atoms with van der Waals surface area (Å²) in [5.41, 5.74) is -0.483. The number of nitro benzene ring substituents is 1.